The van der Waals surface area contributed by atoms with E-state index in [4.69, 9.17) is 4.42 Å². The van der Waals surface area contributed by atoms with Gasteiger partial charge in [-0.3, -0.25) is 4.79 Å². The first-order valence-corrected chi connectivity index (χ1v) is 8.29. The molecule has 0 unspecified atom stereocenters. The Morgan fingerprint density at radius 1 is 1.48 bits per heavy atom. The van der Waals surface area contributed by atoms with Crippen LogP contribution < -0.4 is 5.43 Å². The number of aromatic amines is 1. The molecule has 2 N–H and O–H groups in total. The smallest absolute Gasteiger partial charge is 0.240 e. The first-order valence-electron chi connectivity index (χ1n) is 7.30. The molecular weight excluding hydrogens is 316 g/mol. The molecule has 0 atom stereocenters. The zero-order valence-corrected chi connectivity index (χ0v) is 14.2. The van der Waals surface area contributed by atoms with Crippen LogP contribution in [0.2, 0.25) is 0 Å². The van der Waals surface area contributed by atoms with E-state index in [9.17, 15) is 4.79 Å². The van der Waals surface area contributed by atoms with Crippen molar-refractivity contribution in [1.82, 2.24) is 20.1 Å². The maximum Gasteiger partial charge on any atom is 0.240 e. The fraction of sp³-hybridized carbons (Fsp3) is 0.429. The van der Waals surface area contributed by atoms with Gasteiger partial charge in [-0.2, -0.15) is 10.1 Å². The van der Waals surface area contributed by atoms with Crippen molar-refractivity contribution in [3.05, 3.63) is 23.7 Å². The highest BCUT2D eigenvalue weighted by Crippen LogP contribution is 2.14. The van der Waals surface area contributed by atoms with Crippen molar-refractivity contribution in [2.45, 2.75) is 25.9 Å². The SMILES string of the molecule is CCN(CC)C(=O)CSc1n[nH]c(NN=Cc2ccc(C)o2)n1. The third-order valence-electron chi connectivity index (χ3n) is 3.03. The molecule has 1 amide bonds. The molecule has 0 fully saturated rings. The van der Waals surface area contributed by atoms with Crippen molar-refractivity contribution in [2.75, 3.05) is 24.3 Å². The van der Waals surface area contributed by atoms with Crippen LogP contribution in [0, 0.1) is 6.92 Å². The molecule has 0 spiro atoms. The number of hydrogen-bond donors (Lipinski definition) is 2. The molecule has 0 aliphatic carbocycles. The molecule has 124 valence electrons. The van der Waals surface area contributed by atoms with E-state index in [1.165, 1.54) is 11.8 Å². The quantitative estimate of drug-likeness (QED) is 0.435. The Balaban J connectivity index is 1.81. The fourth-order valence-electron chi connectivity index (χ4n) is 1.83. The standard InChI is InChI=1S/C14H20N6O2S/c1-4-20(5-2)12(21)9-23-14-16-13(18-19-14)17-15-8-11-7-6-10(3)22-11/h6-8H,4-5,9H2,1-3H3,(H2,16,17,18,19). The van der Waals surface area contributed by atoms with E-state index in [0.717, 1.165) is 5.76 Å². The lowest BCUT2D eigenvalue weighted by Gasteiger charge is -2.17. The van der Waals surface area contributed by atoms with E-state index in [1.807, 2.05) is 32.9 Å². The highest BCUT2D eigenvalue weighted by molar-refractivity contribution is 7.99. The number of nitrogens with one attached hydrogen (secondary N) is 2. The van der Waals surface area contributed by atoms with Gasteiger partial charge in [0.25, 0.3) is 0 Å². The Morgan fingerprint density at radius 3 is 2.91 bits per heavy atom. The number of aryl methyl sites for hydroxylation is 1. The fourth-order valence-corrected chi connectivity index (χ4v) is 2.54. The van der Waals surface area contributed by atoms with Crippen molar-refractivity contribution in [3.8, 4) is 0 Å². The highest BCUT2D eigenvalue weighted by Gasteiger charge is 2.12. The maximum atomic E-state index is 11.9. The molecule has 9 heteroatoms. The largest absolute Gasteiger partial charge is 0.460 e. The second-order valence-electron chi connectivity index (χ2n) is 4.64. The van der Waals surface area contributed by atoms with E-state index >= 15 is 0 Å². The van der Waals surface area contributed by atoms with E-state index in [1.54, 1.807) is 11.1 Å². The molecule has 2 aromatic rings. The molecule has 8 nitrogen and oxygen atoms in total. The highest BCUT2D eigenvalue weighted by atomic mass is 32.2. The summed E-state index contributed by atoms with van der Waals surface area (Å²) in [5.74, 6) is 2.26. The Bertz CT molecular complexity index is 662. The van der Waals surface area contributed by atoms with Crippen molar-refractivity contribution < 1.29 is 9.21 Å². The molecule has 2 heterocycles. The summed E-state index contributed by atoms with van der Waals surface area (Å²) in [4.78, 5) is 17.9. The number of furan rings is 1. The number of amides is 1. The third-order valence-corrected chi connectivity index (χ3v) is 3.86. The van der Waals surface area contributed by atoms with Gasteiger partial charge in [0.05, 0.1) is 12.0 Å². The van der Waals surface area contributed by atoms with Gasteiger partial charge in [-0.25, -0.2) is 10.5 Å². The molecule has 0 bridgehead atoms. The number of hydrazone groups is 1. The zero-order valence-electron chi connectivity index (χ0n) is 13.4. The average molecular weight is 336 g/mol. The summed E-state index contributed by atoms with van der Waals surface area (Å²) in [6.45, 7) is 7.19. The second kappa shape index (κ2) is 8.37. The summed E-state index contributed by atoms with van der Waals surface area (Å²) in [6.07, 6.45) is 1.55. The second-order valence-corrected chi connectivity index (χ2v) is 5.58. The van der Waals surface area contributed by atoms with Gasteiger partial charge in [-0.1, -0.05) is 11.8 Å². The maximum absolute atomic E-state index is 11.9. The summed E-state index contributed by atoms with van der Waals surface area (Å²) in [5, 5.41) is 11.2. The Labute approximate surface area is 138 Å². The Hall–Kier alpha value is -2.29. The number of carbonyl (C=O) groups is 1. The van der Waals surface area contributed by atoms with Gasteiger partial charge >= 0.3 is 0 Å². The van der Waals surface area contributed by atoms with E-state index in [-0.39, 0.29) is 5.91 Å². The van der Waals surface area contributed by atoms with Crippen LogP contribution in [0.25, 0.3) is 0 Å². The van der Waals surface area contributed by atoms with Crippen LogP contribution in [0.5, 0.6) is 0 Å². The number of H-pyrrole nitrogens is 1. The van der Waals surface area contributed by atoms with E-state index in [0.29, 0.717) is 35.7 Å². The lowest BCUT2D eigenvalue weighted by molar-refractivity contribution is -0.127. The van der Waals surface area contributed by atoms with Crippen molar-refractivity contribution in [3.63, 3.8) is 0 Å². The predicted octanol–water partition coefficient (Wildman–Crippen LogP) is 2.11. The molecule has 0 aliphatic heterocycles. The number of aromatic nitrogens is 3. The molecule has 0 aliphatic rings. The topological polar surface area (TPSA) is 99.4 Å². The summed E-state index contributed by atoms with van der Waals surface area (Å²) >= 11 is 1.29. The van der Waals surface area contributed by atoms with Crippen molar-refractivity contribution >= 4 is 29.8 Å². The van der Waals surface area contributed by atoms with Gasteiger partial charge in [-0.15, -0.1) is 5.10 Å². The van der Waals surface area contributed by atoms with Crippen LogP contribution in [0.15, 0.2) is 26.8 Å². The predicted molar refractivity (Wildman–Crippen MR) is 89.7 cm³/mol. The van der Waals surface area contributed by atoms with Crippen LogP contribution in [0.4, 0.5) is 5.95 Å². The molecular formula is C14H20N6O2S. The normalized spacial score (nSPS) is 11.1. The summed E-state index contributed by atoms with van der Waals surface area (Å²) in [7, 11) is 0. The van der Waals surface area contributed by atoms with Gasteiger partial charge in [0, 0.05) is 13.1 Å². The number of carbonyl (C=O) groups excluding carboxylic acids is 1. The van der Waals surface area contributed by atoms with E-state index in [2.05, 4.69) is 25.7 Å². The third kappa shape index (κ3) is 5.13. The summed E-state index contributed by atoms with van der Waals surface area (Å²) in [6, 6.07) is 3.68. The van der Waals surface area contributed by atoms with Crippen molar-refractivity contribution in [1.29, 1.82) is 0 Å². The van der Waals surface area contributed by atoms with E-state index < -0.39 is 0 Å². The minimum atomic E-state index is 0.0746. The molecule has 2 rings (SSSR count). The molecule has 2 aromatic heterocycles. The number of thioether (sulfide) groups is 1. The Kier molecular flexibility index (Phi) is 6.21. The van der Waals surface area contributed by atoms with Gasteiger partial charge < -0.3 is 9.32 Å². The summed E-state index contributed by atoms with van der Waals surface area (Å²) < 4.78 is 5.35. The van der Waals surface area contributed by atoms with Crippen LogP contribution in [0.1, 0.15) is 25.4 Å². The molecule has 0 saturated heterocycles. The number of anilines is 1. The van der Waals surface area contributed by atoms with Gasteiger partial charge in [0.15, 0.2) is 0 Å². The van der Waals surface area contributed by atoms with Crippen LogP contribution in [-0.2, 0) is 4.79 Å². The average Bonchev–Trinajstić information content (AvgIpc) is 3.16. The molecule has 0 aromatic carbocycles. The minimum Gasteiger partial charge on any atom is -0.460 e. The lowest BCUT2D eigenvalue weighted by Crippen LogP contribution is -2.31. The van der Waals surface area contributed by atoms with Crippen LogP contribution in [-0.4, -0.2) is 51.0 Å². The first kappa shape index (κ1) is 17.1. The zero-order chi connectivity index (χ0) is 16.7. The molecule has 0 saturated carbocycles. The van der Waals surface area contributed by atoms with Crippen molar-refractivity contribution in [2.24, 2.45) is 5.10 Å². The minimum absolute atomic E-state index is 0.0746. The van der Waals surface area contributed by atoms with Gasteiger partial charge in [-0.05, 0) is 32.9 Å². The number of hydrogen-bond acceptors (Lipinski definition) is 7. The van der Waals surface area contributed by atoms with Crippen LogP contribution >= 0.6 is 11.8 Å². The molecule has 0 radical (unpaired) electrons. The lowest BCUT2D eigenvalue weighted by atomic mass is 10.4. The van der Waals surface area contributed by atoms with Gasteiger partial charge in [0.1, 0.15) is 11.5 Å². The first-order chi connectivity index (χ1) is 11.1. The van der Waals surface area contributed by atoms with Crippen LogP contribution in [0.3, 0.4) is 0 Å². The monoisotopic (exact) mass is 336 g/mol. The molecule has 23 heavy (non-hydrogen) atoms. The number of nitrogens with zero attached hydrogens (tertiary/aromatic N) is 4. The Morgan fingerprint density at radius 2 is 2.26 bits per heavy atom. The van der Waals surface area contributed by atoms with Gasteiger partial charge in [0.2, 0.25) is 17.0 Å². The number of rotatable bonds is 8. The summed E-state index contributed by atoms with van der Waals surface area (Å²) in [5.41, 5.74) is 2.73.